The SMILES string of the molecule is NCCN(CC(F)F)C(=O)C1CCC(F)(F)C1. The van der Waals surface area contributed by atoms with Gasteiger partial charge in [0.05, 0.1) is 6.54 Å². The van der Waals surface area contributed by atoms with Gasteiger partial charge in [-0.25, -0.2) is 17.6 Å². The number of carbonyl (C=O) groups is 1. The van der Waals surface area contributed by atoms with Crippen LogP contribution in [0.2, 0.25) is 0 Å². The number of carbonyl (C=O) groups excluding carboxylic acids is 1. The molecule has 3 nitrogen and oxygen atoms in total. The van der Waals surface area contributed by atoms with Gasteiger partial charge in [0.1, 0.15) is 0 Å². The van der Waals surface area contributed by atoms with Crippen LogP contribution in [0.1, 0.15) is 19.3 Å². The number of amides is 1. The normalized spacial score (nSPS) is 23.1. The van der Waals surface area contributed by atoms with Crippen LogP contribution in [0.15, 0.2) is 0 Å². The first kappa shape index (κ1) is 14.2. The second-order valence-electron chi connectivity index (χ2n) is 4.26. The molecule has 0 spiro atoms. The molecule has 1 fully saturated rings. The molecule has 0 bridgehead atoms. The Kier molecular flexibility index (Phi) is 4.73. The summed E-state index contributed by atoms with van der Waals surface area (Å²) >= 11 is 0. The van der Waals surface area contributed by atoms with Gasteiger partial charge in [-0.15, -0.1) is 0 Å². The molecule has 0 aliphatic heterocycles. The summed E-state index contributed by atoms with van der Waals surface area (Å²) in [6.45, 7) is -0.717. The molecule has 7 heteroatoms. The van der Waals surface area contributed by atoms with E-state index >= 15 is 0 Å². The standard InChI is InChI=1S/C10H16F4N2O/c11-8(12)6-16(4-3-15)9(17)7-1-2-10(13,14)5-7/h7-8H,1-6,15H2. The Hall–Kier alpha value is -0.850. The molecule has 0 radical (unpaired) electrons. The lowest BCUT2D eigenvalue weighted by molar-refractivity contribution is -0.138. The van der Waals surface area contributed by atoms with Crippen molar-refractivity contribution in [2.45, 2.75) is 31.6 Å². The van der Waals surface area contributed by atoms with Crippen LogP contribution in [-0.2, 0) is 4.79 Å². The molecule has 1 unspecified atom stereocenters. The van der Waals surface area contributed by atoms with E-state index in [4.69, 9.17) is 5.73 Å². The lowest BCUT2D eigenvalue weighted by atomic mass is 10.1. The summed E-state index contributed by atoms with van der Waals surface area (Å²) in [7, 11) is 0. The number of nitrogens with two attached hydrogens (primary N) is 1. The van der Waals surface area contributed by atoms with Crippen LogP contribution in [0.25, 0.3) is 0 Å². The summed E-state index contributed by atoms with van der Waals surface area (Å²) < 4.78 is 50.3. The zero-order chi connectivity index (χ0) is 13.1. The lowest BCUT2D eigenvalue weighted by Crippen LogP contribution is -2.41. The van der Waals surface area contributed by atoms with Crippen LogP contribution in [0.5, 0.6) is 0 Å². The number of nitrogens with zero attached hydrogens (tertiary/aromatic N) is 1. The maximum absolute atomic E-state index is 12.9. The van der Waals surface area contributed by atoms with Crippen molar-refractivity contribution in [2.24, 2.45) is 11.7 Å². The fourth-order valence-corrected chi connectivity index (χ4v) is 2.03. The van der Waals surface area contributed by atoms with E-state index in [1.54, 1.807) is 0 Å². The average Bonchev–Trinajstić information content (AvgIpc) is 2.56. The second-order valence-corrected chi connectivity index (χ2v) is 4.26. The molecular formula is C10H16F4N2O. The molecule has 1 amide bonds. The van der Waals surface area contributed by atoms with Gasteiger partial charge in [-0.3, -0.25) is 4.79 Å². The van der Waals surface area contributed by atoms with E-state index < -0.39 is 37.1 Å². The van der Waals surface area contributed by atoms with Crippen LogP contribution < -0.4 is 5.73 Å². The number of alkyl halides is 4. The molecule has 1 aliphatic carbocycles. The summed E-state index contributed by atoms with van der Waals surface area (Å²) in [5.74, 6) is -4.33. The van der Waals surface area contributed by atoms with Crippen molar-refractivity contribution in [1.82, 2.24) is 4.90 Å². The Bertz CT molecular complexity index is 273. The van der Waals surface area contributed by atoms with E-state index in [-0.39, 0.29) is 25.9 Å². The minimum Gasteiger partial charge on any atom is -0.335 e. The smallest absolute Gasteiger partial charge is 0.255 e. The molecule has 17 heavy (non-hydrogen) atoms. The Morgan fingerprint density at radius 2 is 2.12 bits per heavy atom. The molecule has 1 saturated carbocycles. The van der Waals surface area contributed by atoms with Crippen molar-refractivity contribution in [3.05, 3.63) is 0 Å². The van der Waals surface area contributed by atoms with Gasteiger partial charge in [0.2, 0.25) is 11.8 Å². The number of halogens is 4. The van der Waals surface area contributed by atoms with Crippen molar-refractivity contribution in [3.8, 4) is 0 Å². The molecule has 1 aliphatic rings. The van der Waals surface area contributed by atoms with E-state index in [2.05, 4.69) is 0 Å². The molecule has 2 N–H and O–H groups in total. The maximum Gasteiger partial charge on any atom is 0.255 e. The van der Waals surface area contributed by atoms with Gasteiger partial charge in [-0.1, -0.05) is 0 Å². The monoisotopic (exact) mass is 256 g/mol. The third-order valence-electron chi connectivity index (χ3n) is 2.82. The largest absolute Gasteiger partial charge is 0.335 e. The fourth-order valence-electron chi connectivity index (χ4n) is 2.03. The molecule has 1 rings (SSSR count). The molecule has 0 aromatic rings. The summed E-state index contributed by atoms with van der Waals surface area (Å²) in [4.78, 5) is 12.6. The van der Waals surface area contributed by atoms with Gasteiger partial charge in [-0.2, -0.15) is 0 Å². The fraction of sp³-hybridized carbons (Fsp3) is 0.900. The van der Waals surface area contributed by atoms with Crippen molar-refractivity contribution >= 4 is 5.91 Å². The minimum absolute atomic E-state index is 0.0226. The van der Waals surface area contributed by atoms with E-state index in [0.717, 1.165) is 4.90 Å². The highest BCUT2D eigenvalue weighted by atomic mass is 19.3. The van der Waals surface area contributed by atoms with Gasteiger partial charge in [0, 0.05) is 31.8 Å². The van der Waals surface area contributed by atoms with Gasteiger partial charge in [0.25, 0.3) is 6.43 Å². The highest BCUT2D eigenvalue weighted by Crippen LogP contribution is 2.39. The lowest BCUT2D eigenvalue weighted by Gasteiger charge is -2.24. The summed E-state index contributed by atoms with van der Waals surface area (Å²) in [5.41, 5.74) is 5.21. The second kappa shape index (κ2) is 5.66. The predicted octanol–water partition coefficient (Wildman–Crippen LogP) is 1.47. The Morgan fingerprint density at radius 3 is 2.53 bits per heavy atom. The first-order chi connectivity index (χ1) is 7.85. The highest BCUT2D eigenvalue weighted by molar-refractivity contribution is 5.79. The van der Waals surface area contributed by atoms with E-state index in [0.29, 0.717) is 0 Å². The average molecular weight is 256 g/mol. The first-order valence-electron chi connectivity index (χ1n) is 5.50. The van der Waals surface area contributed by atoms with Gasteiger partial charge >= 0.3 is 0 Å². The molecule has 0 saturated heterocycles. The number of hydrogen-bond acceptors (Lipinski definition) is 2. The van der Waals surface area contributed by atoms with Crippen LogP contribution in [-0.4, -0.2) is 42.8 Å². The van der Waals surface area contributed by atoms with E-state index in [1.807, 2.05) is 0 Å². The Morgan fingerprint density at radius 1 is 1.47 bits per heavy atom. The third-order valence-corrected chi connectivity index (χ3v) is 2.82. The maximum atomic E-state index is 12.9. The van der Waals surface area contributed by atoms with E-state index in [9.17, 15) is 22.4 Å². The molecule has 100 valence electrons. The minimum atomic E-state index is -2.85. The van der Waals surface area contributed by atoms with Crippen LogP contribution >= 0.6 is 0 Å². The van der Waals surface area contributed by atoms with Crippen molar-refractivity contribution in [3.63, 3.8) is 0 Å². The van der Waals surface area contributed by atoms with Crippen molar-refractivity contribution in [1.29, 1.82) is 0 Å². The molecule has 0 aromatic heterocycles. The predicted molar refractivity (Wildman–Crippen MR) is 53.9 cm³/mol. The number of hydrogen-bond donors (Lipinski definition) is 1. The Balaban J connectivity index is 2.59. The third kappa shape index (κ3) is 4.14. The molecule has 0 aromatic carbocycles. The van der Waals surface area contributed by atoms with Gasteiger partial charge < -0.3 is 10.6 Å². The van der Waals surface area contributed by atoms with E-state index in [1.165, 1.54) is 0 Å². The topological polar surface area (TPSA) is 46.3 Å². The zero-order valence-corrected chi connectivity index (χ0v) is 9.34. The van der Waals surface area contributed by atoms with Gasteiger partial charge in [-0.05, 0) is 6.42 Å². The zero-order valence-electron chi connectivity index (χ0n) is 9.34. The summed E-state index contributed by atoms with van der Waals surface area (Å²) in [6, 6.07) is 0. The van der Waals surface area contributed by atoms with Crippen LogP contribution in [0.4, 0.5) is 17.6 Å². The summed E-state index contributed by atoms with van der Waals surface area (Å²) in [5, 5.41) is 0. The summed E-state index contributed by atoms with van der Waals surface area (Å²) in [6.07, 6.45) is -3.52. The Labute approximate surface area is 96.9 Å². The van der Waals surface area contributed by atoms with Crippen molar-refractivity contribution in [2.75, 3.05) is 19.6 Å². The van der Waals surface area contributed by atoms with Gasteiger partial charge in [0.15, 0.2) is 0 Å². The number of rotatable bonds is 5. The molecule has 0 heterocycles. The van der Waals surface area contributed by atoms with Crippen LogP contribution in [0, 0.1) is 5.92 Å². The highest BCUT2D eigenvalue weighted by Gasteiger charge is 2.43. The van der Waals surface area contributed by atoms with Crippen LogP contribution in [0.3, 0.4) is 0 Å². The quantitative estimate of drug-likeness (QED) is 0.757. The molecular weight excluding hydrogens is 240 g/mol. The molecule has 1 atom stereocenters. The van der Waals surface area contributed by atoms with Crippen molar-refractivity contribution < 1.29 is 22.4 Å². The first-order valence-corrected chi connectivity index (χ1v) is 5.50.